The summed E-state index contributed by atoms with van der Waals surface area (Å²) in [5, 5.41) is 3.19. The molecule has 0 unspecified atom stereocenters. The Kier molecular flexibility index (Phi) is 9.14. The third kappa shape index (κ3) is 7.11. The first-order valence-corrected chi connectivity index (χ1v) is 11.9. The summed E-state index contributed by atoms with van der Waals surface area (Å²) in [4.78, 5) is 28.1. The van der Waals surface area contributed by atoms with Crippen LogP contribution in [0.25, 0.3) is 0 Å². The lowest BCUT2D eigenvalue weighted by molar-refractivity contribution is -0.141. The van der Waals surface area contributed by atoms with Gasteiger partial charge in [0.25, 0.3) is 0 Å². The average molecular weight is 437 g/mol. The Morgan fingerprint density at radius 1 is 1.06 bits per heavy atom. The molecule has 1 saturated carbocycles. The van der Waals surface area contributed by atoms with Gasteiger partial charge in [0.15, 0.2) is 0 Å². The monoisotopic (exact) mass is 436 g/mol. The minimum atomic E-state index is -0.457. The maximum Gasteiger partial charge on any atom is 0.243 e. The molecular weight excluding hydrogens is 400 g/mol. The van der Waals surface area contributed by atoms with Crippen molar-refractivity contribution in [2.75, 3.05) is 6.61 Å². The summed E-state index contributed by atoms with van der Waals surface area (Å²) in [7, 11) is 0. The number of ether oxygens (including phenoxy) is 1. The summed E-state index contributed by atoms with van der Waals surface area (Å²) in [5.41, 5.74) is 2.22. The topological polar surface area (TPSA) is 58.6 Å². The van der Waals surface area contributed by atoms with E-state index >= 15 is 0 Å². The van der Waals surface area contributed by atoms with E-state index in [1.54, 1.807) is 4.90 Å². The molecule has 0 spiro atoms. The lowest BCUT2D eigenvalue weighted by Gasteiger charge is -2.31. The van der Waals surface area contributed by atoms with E-state index in [0.717, 1.165) is 37.0 Å². The number of hydrogen-bond acceptors (Lipinski definition) is 3. The second kappa shape index (κ2) is 12.3. The predicted molar refractivity (Wildman–Crippen MR) is 127 cm³/mol. The smallest absolute Gasteiger partial charge is 0.243 e. The van der Waals surface area contributed by atoms with E-state index in [4.69, 9.17) is 4.74 Å². The summed E-state index contributed by atoms with van der Waals surface area (Å²) in [5.74, 6) is 0.779. The van der Waals surface area contributed by atoms with Crippen LogP contribution in [0.2, 0.25) is 0 Å². The van der Waals surface area contributed by atoms with Crippen molar-refractivity contribution in [3.63, 3.8) is 0 Å². The van der Waals surface area contributed by atoms with E-state index in [0.29, 0.717) is 32.4 Å². The fourth-order valence-corrected chi connectivity index (χ4v) is 4.26. The van der Waals surface area contributed by atoms with E-state index in [1.807, 2.05) is 68.4 Å². The third-order valence-electron chi connectivity index (χ3n) is 6.11. The number of hydrogen-bond donors (Lipinski definition) is 1. The molecule has 5 heteroatoms. The number of nitrogens with zero attached hydrogens (tertiary/aromatic N) is 1. The van der Waals surface area contributed by atoms with Crippen molar-refractivity contribution in [2.45, 2.75) is 77.4 Å². The van der Waals surface area contributed by atoms with Crippen molar-refractivity contribution in [2.24, 2.45) is 0 Å². The zero-order valence-electron chi connectivity index (χ0n) is 19.4. The van der Waals surface area contributed by atoms with Gasteiger partial charge < -0.3 is 15.0 Å². The molecule has 0 heterocycles. The van der Waals surface area contributed by atoms with Gasteiger partial charge in [0, 0.05) is 19.0 Å². The zero-order chi connectivity index (χ0) is 22.8. The van der Waals surface area contributed by atoms with Gasteiger partial charge in [-0.15, -0.1) is 0 Å². The zero-order valence-corrected chi connectivity index (χ0v) is 19.4. The highest BCUT2D eigenvalue weighted by Gasteiger charge is 2.30. The van der Waals surface area contributed by atoms with Crippen molar-refractivity contribution in [3.05, 3.63) is 65.7 Å². The highest BCUT2D eigenvalue weighted by molar-refractivity contribution is 5.87. The number of amides is 2. The summed E-state index contributed by atoms with van der Waals surface area (Å²) in [6.07, 6.45) is 5.95. The Labute approximate surface area is 192 Å². The third-order valence-corrected chi connectivity index (χ3v) is 6.11. The molecule has 2 aromatic carbocycles. The van der Waals surface area contributed by atoms with Crippen LogP contribution in [0.15, 0.2) is 54.6 Å². The van der Waals surface area contributed by atoms with Gasteiger partial charge in [0.2, 0.25) is 11.8 Å². The Balaban J connectivity index is 1.61. The van der Waals surface area contributed by atoms with Crippen molar-refractivity contribution < 1.29 is 14.3 Å². The van der Waals surface area contributed by atoms with E-state index in [1.165, 1.54) is 5.56 Å². The van der Waals surface area contributed by atoms with E-state index in [2.05, 4.69) is 5.32 Å². The summed E-state index contributed by atoms with van der Waals surface area (Å²) in [6.45, 7) is 4.93. The van der Waals surface area contributed by atoms with Gasteiger partial charge in [0.1, 0.15) is 11.8 Å². The molecule has 2 amide bonds. The fourth-order valence-electron chi connectivity index (χ4n) is 4.26. The molecule has 1 fully saturated rings. The van der Waals surface area contributed by atoms with Crippen LogP contribution in [0, 0.1) is 6.92 Å². The molecule has 0 bridgehead atoms. The number of aryl methyl sites for hydroxylation is 1. The molecule has 172 valence electrons. The van der Waals surface area contributed by atoms with Crippen LogP contribution in [-0.2, 0) is 16.1 Å². The second-order valence-corrected chi connectivity index (χ2v) is 8.69. The highest BCUT2D eigenvalue weighted by Crippen LogP contribution is 2.20. The molecule has 32 heavy (non-hydrogen) atoms. The number of carbonyl (C=O) groups excluding carboxylic acids is 2. The van der Waals surface area contributed by atoms with Crippen LogP contribution in [0.1, 0.15) is 63.0 Å². The van der Waals surface area contributed by atoms with Gasteiger partial charge in [-0.1, -0.05) is 67.8 Å². The van der Waals surface area contributed by atoms with Crippen molar-refractivity contribution >= 4 is 11.8 Å². The van der Waals surface area contributed by atoms with Gasteiger partial charge in [-0.05, 0) is 50.3 Å². The quantitative estimate of drug-likeness (QED) is 0.503. The Morgan fingerprint density at radius 2 is 1.75 bits per heavy atom. The molecular formula is C27H36N2O3. The molecule has 1 aliphatic rings. The number of nitrogens with one attached hydrogen (secondary N) is 1. The molecule has 0 saturated heterocycles. The van der Waals surface area contributed by atoms with Gasteiger partial charge in [-0.25, -0.2) is 0 Å². The second-order valence-electron chi connectivity index (χ2n) is 8.69. The lowest BCUT2D eigenvalue weighted by Crippen LogP contribution is -2.50. The SMILES string of the molecule is CC[C@@H](C(=O)NC1CCCC1)N(Cc1ccccc1)C(=O)CCCOc1ccc(C)cc1. The van der Waals surface area contributed by atoms with Gasteiger partial charge in [-0.2, -0.15) is 0 Å². The molecule has 1 N–H and O–H groups in total. The van der Waals surface area contributed by atoms with Crippen molar-refractivity contribution in [1.82, 2.24) is 10.2 Å². The minimum absolute atomic E-state index is 0.00483. The van der Waals surface area contributed by atoms with Gasteiger partial charge >= 0.3 is 0 Å². The van der Waals surface area contributed by atoms with Crippen LogP contribution >= 0.6 is 0 Å². The average Bonchev–Trinajstić information content (AvgIpc) is 3.31. The van der Waals surface area contributed by atoms with E-state index < -0.39 is 6.04 Å². The highest BCUT2D eigenvalue weighted by atomic mass is 16.5. The summed E-state index contributed by atoms with van der Waals surface area (Å²) < 4.78 is 5.78. The number of rotatable bonds is 11. The van der Waals surface area contributed by atoms with Crippen LogP contribution in [-0.4, -0.2) is 35.4 Å². The Bertz CT molecular complexity index is 845. The number of carbonyl (C=O) groups is 2. The van der Waals surface area contributed by atoms with Crippen molar-refractivity contribution in [1.29, 1.82) is 0 Å². The molecule has 3 rings (SSSR count). The van der Waals surface area contributed by atoms with E-state index in [-0.39, 0.29) is 17.9 Å². The van der Waals surface area contributed by atoms with Gasteiger partial charge in [-0.3, -0.25) is 9.59 Å². The van der Waals surface area contributed by atoms with Crippen LogP contribution in [0.3, 0.4) is 0 Å². The largest absolute Gasteiger partial charge is 0.494 e. The molecule has 1 aliphatic carbocycles. The first kappa shape index (κ1) is 23.8. The lowest BCUT2D eigenvalue weighted by atomic mass is 10.1. The molecule has 2 aromatic rings. The summed E-state index contributed by atoms with van der Waals surface area (Å²) >= 11 is 0. The molecule has 1 atom stereocenters. The Hall–Kier alpha value is -2.82. The van der Waals surface area contributed by atoms with Gasteiger partial charge in [0.05, 0.1) is 6.61 Å². The molecule has 5 nitrogen and oxygen atoms in total. The van der Waals surface area contributed by atoms with E-state index in [9.17, 15) is 9.59 Å². The first-order valence-electron chi connectivity index (χ1n) is 11.9. The molecule has 0 radical (unpaired) electrons. The first-order chi connectivity index (χ1) is 15.6. The normalized spacial score (nSPS) is 14.7. The van der Waals surface area contributed by atoms with Crippen molar-refractivity contribution in [3.8, 4) is 5.75 Å². The molecule has 0 aliphatic heterocycles. The standard InChI is InChI=1S/C27H36N2O3/c1-3-25(27(31)28-23-12-7-8-13-23)29(20-22-10-5-4-6-11-22)26(30)14-9-19-32-24-17-15-21(2)16-18-24/h4-6,10-11,15-18,23,25H,3,7-9,12-14,19-20H2,1-2H3,(H,28,31)/t25-/m0/s1. The fraction of sp³-hybridized carbons (Fsp3) is 0.481. The van der Waals surface area contributed by atoms with Crippen LogP contribution < -0.4 is 10.1 Å². The van der Waals surface area contributed by atoms with Crippen LogP contribution in [0.4, 0.5) is 0 Å². The summed E-state index contributed by atoms with van der Waals surface area (Å²) in [6, 6.07) is 17.6. The number of benzene rings is 2. The maximum absolute atomic E-state index is 13.2. The predicted octanol–water partition coefficient (Wildman–Crippen LogP) is 5.02. The molecule has 0 aromatic heterocycles. The minimum Gasteiger partial charge on any atom is -0.494 e. The van der Waals surface area contributed by atoms with Crippen LogP contribution in [0.5, 0.6) is 5.75 Å². The maximum atomic E-state index is 13.2. The Morgan fingerprint density at radius 3 is 2.41 bits per heavy atom.